The number of hydrogen-bond acceptors (Lipinski definition) is 4. The molecule has 21 heavy (non-hydrogen) atoms. The molecule has 1 aromatic rings. The molecule has 0 spiro atoms. The third-order valence-corrected chi connectivity index (χ3v) is 3.70. The van der Waals surface area contributed by atoms with E-state index in [0.29, 0.717) is 12.1 Å². The first-order valence-electron chi connectivity index (χ1n) is 6.69. The molecular formula is C14H19F3N2O2. The Hall–Kier alpha value is -1.31. The van der Waals surface area contributed by atoms with Gasteiger partial charge in [0.1, 0.15) is 5.75 Å². The maximum Gasteiger partial charge on any atom is 0.573 e. The van der Waals surface area contributed by atoms with Gasteiger partial charge in [0.2, 0.25) is 0 Å². The SMILES string of the molecule is CN1CCN(C)C(C(O)c2cccc(OC(F)(F)F)c2)C1. The number of rotatable bonds is 3. The summed E-state index contributed by atoms with van der Waals surface area (Å²) in [5.41, 5.74) is 0.420. The van der Waals surface area contributed by atoms with Crippen molar-refractivity contribution in [3.8, 4) is 5.75 Å². The quantitative estimate of drug-likeness (QED) is 0.925. The molecule has 1 fully saturated rings. The van der Waals surface area contributed by atoms with Gasteiger partial charge in [-0.15, -0.1) is 13.2 Å². The average molecular weight is 304 g/mol. The smallest absolute Gasteiger partial charge is 0.406 e. The van der Waals surface area contributed by atoms with Gasteiger partial charge in [0.25, 0.3) is 0 Å². The molecule has 0 radical (unpaired) electrons. The predicted molar refractivity (Wildman–Crippen MR) is 72.0 cm³/mol. The van der Waals surface area contributed by atoms with Crippen molar-refractivity contribution >= 4 is 0 Å². The van der Waals surface area contributed by atoms with Gasteiger partial charge < -0.3 is 14.7 Å². The number of piperazine rings is 1. The fraction of sp³-hybridized carbons (Fsp3) is 0.571. The van der Waals surface area contributed by atoms with Crippen molar-refractivity contribution in [1.29, 1.82) is 0 Å². The van der Waals surface area contributed by atoms with Crippen molar-refractivity contribution in [1.82, 2.24) is 9.80 Å². The molecule has 0 aromatic heterocycles. The summed E-state index contributed by atoms with van der Waals surface area (Å²) < 4.78 is 40.6. The topological polar surface area (TPSA) is 35.9 Å². The lowest BCUT2D eigenvalue weighted by atomic mass is 9.99. The minimum absolute atomic E-state index is 0.162. The molecule has 0 bridgehead atoms. The van der Waals surface area contributed by atoms with Crippen molar-refractivity contribution < 1.29 is 23.0 Å². The van der Waals surface area contributed by atoms with Crippen LogP contribution in [-0.2, 0) is 0 Å². The van der Waals surface area contributed by atoms with Gasteiger partial charge in [0.15, 0.2) is 0 Å². The zero-order valence-corrected chi connectivity index (χ0v) is 12.0. The van der Waals surface area contributed by atoms with Crippen LogP contribution in [0.3, 0.4) is 0 Å². The van der Waals surface area contributed by atoms with Crippen LogP contribution in [0, 0.1) is 0 Å². The van der Waals surface area contributed by atoms with Crippen LogP contribution in [0.1, 0.15) is 11.7 Å². The van der Waals surface area contributed by atoms with Gasteiger partial charge in [0.05, 0.1) is 12.1 Å². The van der Waals surface area contributed by atoms with Gasteiger partial charge in [-0.3, -0.25) is 4.90 Å². The van der Waals surface area contributed by atoms with Crippen LogP contribution in [0.15, 0.2) is 24.3 Å². The van der Waals surface area contributed by atoms with Gasteiger partial charge >= 0.3 is 6.36 Å². The molecule has 1 aliphatic rings. The van der Waals surface area contributed by atoms with E-state index in [0.717, 1.165) is 13.1 Å². The number of ether oxygens (including phenoxy) is 1. The highest BCUT2D eigenvalue weighted by Crippen LogP contribution is 2.28. The van der Waals surface area contributed by atoms with Gasteiger partial charge in [-0.1, -0.05) is 12.1 Å². The fourth-order valence-corrected chi connectivity index (χ4v) is 2.50. The summed E-state index contributed by atoms with van der Waals surface area (Å²) in [6, 6.07) is 5.36. The second-order valence-electron chi connectivity index (χ2n) is 5.38. The summed E-state index contributed by atoms with van der Waals surface area (Å²) in [7, 11) is 3.85. The minimum atomic E-state index is -4.73. The first kappa shape index (κ1) is 16.1. The largest absolute Gasteiger partial charge is 0.573 e. The molecule has 4 nitrogen and oxygen atoms in total. The number of benzene rings is 1. The van der Waals surface area contributed by atoms with E-state index in [-0.39, 0.29) is 11.8 Å². The Morgan fingerprint density at radius 3 is 2.67 bits per heavy atom. The molecule has 0 amide bonds. The van der Waals surface area contributed by atoms with E-state index < -0.39 is 12.5 Å². The van der Waals surface area contributed by atoms with E-state index >= 15 is 0 Å². The molecule has 1 heterocycles. The summed E-state index contributed by atoms with van der Waals surface area (Å²) in [6.07, 6.45) is -5.60. The van der Waals surface area contributed by atoms with Crippen molar-refractivity contribution in [3.63, 3.8) is 0 Å². The van der Waals surface area contributed by atoms with Crippen molar-refractivity contribution in [2.24, 2.45) is 0 Å². The Morgan fingerprint density at radius 2 is 2.00 bits per heavy atom. The summed E-state index contributed by atoms with van der Waals surface area (Å²) in [5.74, 6) is -0.314. The Morgan fingerprint density at radius 1 is 1.29 bits per heavy atom. The first-order chi connectivity index (χ1) is 9.76. The predicted octanol–water partition coefficient (Wildman–Crippen LogP) is 1.86. The standard InChI is InChI=1S/C14H19F3N2O2/c1-18-6-7-19(2)12(9-18)13(20)10-4-3-5-11(8-10)21-14(15,16)17/h3-5,8,12-13,20H,6-7,9H2,1-2H3. The fourth-order valence-electron chi connectivity index (χ4n) is 2.50. The molecule has 2 unspecified atom stereocenters. The Balaban J connectivity index is 2.15. The van der Waals surface area contributed by atoms with Crippen LogP contribution in [0.25, 0.3) is 0 Å². The van der Waals surface area contributed by atoms with Crippen LogP contribution in [0.4, 0.5) is 13.2 Å². The molecule has 1 N–H and O–H groups in total. The second kappa shape index (κ2) is 6.21. The highest BCUT2D eigenvalue weighted by molar-refractivity contribution is 5.31. The molecule has 1 saturated heterocycles. The maximum absolute atomic E-state index is 12.2. The Kier molecular flexibility index (Phi) is 4.75. The van der Waals surface area contributed by atoms with Crippen molar-refractivity contribution in [2.45, 2.75) is 18.5 Å². The van der Waals surface area contributed by atoms with E-state index in [9.17, 15) is 18.3 Å². The molecule has 1 aromatic carbocycles. The lowest BCUT2D eigenvalue weighted by molar-refractivity contribution is -0.274. The highest BCUT2D eigenvalue weighted by atomic mass is 19.4. The van der Waals surface area contributed by atoms with E-state index in [1.165, 1.54) is 18.2 Å². The normalized spacial score (nSPS) is 23.0. The zero-order valence-electron chi connectivity index (χ0n) is 12.0. The number of likely N-dealkylation sites (N-methyl/N-ethyl adjacent to an activating group) is 2. The van der Waals surface area contributed by atoms with Crippen LogP contribution in [-0.4, -0.2) is 61.0 Å². The molecule has 0 saturated carbocycles. The molecule has 2 atom stereocenters. The monoisotopic (exact) mass is 304 g/mol. The molecule has 7 heteroatoms. The lowest BCUT2D eigenvalue weighted by Gasteiger charge is -2.40. The summed E-state index contributed by atoms with van der Waals surface area (Å²) >= 11 is 0. The first-order valence-corrected chi connectivity index (χ1v) is 6.69. The van der Waals surface area contributed by atoms with Crippen LogP contribution < -0.4 is 4.74 Å². The van der Waals surface area contributed by atoms with Crippen molar-refractivity contribution in [2.75, 3.05) is 33.7 Å². The van der Waals surface area contributed by atoms with E-state index in [1.807, 2.05) is 19.0 Å². The third-order valence-electron chi connectivity index (χ3n) is 3.70. The van der Waals surface area contributed by atoms with Crippen molar-refractivity contribution in [3.05, 3.63) is 29.8 Å². The summed E-state index contributed by atoms with van der Waals surface area (Å²) in [5, 5.41) is 10.5. The molecule has 1 aliphatic heterocycles. The maximum atomic E-state index is 12.2. The zero-order chi connectivity index (χ0) is 15.6. The van der Waals surface area contributed by atoms with Gasteiger partial charge in [-0.2, -0.15) is 0 Å². The van der Waals surface area contributed by atoms with Crippen LogP contribution >= 0.6 is 0 Å². The number of nitrogens with zero attached hydrogens (tertiary/aromatic N) is 2. The number of aliphatic hydroxyl groups excluding tert-OH is 1. The number of halogens is 3. The highest BCUT2D eigenvalue weighted by Gasteiger charge is 2.32. The van der Waals surface area contributed by atoms with E-state index in [1.54, 1.807) is 6.07 Å². The molecular weight excluding hydrogens is 285 g/mol. The molecule has 0 aliphatic carbocycles. The third kappa shape index (κ3) is 4.33. The Labute approximate surface area is 121 Å². The number of aliphatic hydroxyl groups is 1. The number of alkyl halides is 3. The van der Waals surface area contributed by atoms with Crippen LogP contribution in [0.2, 0.25) is 0 Å². The van der Waals surface area contributed by atoms with Gasteiger partial charge in [-0.25, -0.2) is 0 Å². The lowest BCUT2D eigenvalue weighted by Crippen LogP contribution is -2.52. The van der Waals surface area contributed by atoms with E-state index in [2.05, 4.69) is 9.64 Å². The molecule has 118 valence electrons. The summed E-state index contributed by atoms with van der Waals surface area (Å²) in [6.45, 7) is 2.36. The van der Waals surface area contributed by atoms with Gasteiger partial charge in [-0.05, 0) is 31.8 Å². The number of hydrogen-bond donors (Lipinski definition) is 1. The molecule has 2 rings (SSSR count). The van der Waals surface area contributed by atoms with Gasteiger partial charge in [0, 0.05) is 19.6 Å². The summed E-state index contributed by atoms with van der Waals surface area (Å²) in [4.78, 5) is 4.10. The minimum Gasteiger partial charge on any atom is -0.406 e. The Bertz CT molecular complexity index is 482. The van der Waals surface area contributed by atoms with E-state index in [4.69, 9.17) is 0 Å². The van der Waals surface area contributed by atoms with Crippen LogP contribution in [0.5, 0.6) is 5.75 Å². The average Bonchev–Trinajstić information content (AvgIpc) is 2.39. The second-order valence-corrected chi connectivity index (χ2v) is 5.38.